The van der Waals surface area contributed by atoms with Crippen molar-refractivity contribution in [3.63, 3.8) is 0 Å². The molecule has 0 bridgehead atoms. The molecule has 2 N–H and O–H groups in total. The molecule has 2 aromatic carbocycles. The van der Waals surface area contributed by atoms with Crippen molar-refractivity contribution >= 4 is 11.6 Å². The van der Waals surface area contributed by atoms with Gasteiger partial charge in [0, 0.05) is 18.2 Å². The van der Waals surface area contributed by atoms with E-state index in [0.29, 0.717) is 18.7 Å². The molecule has 0 spiro atoms. The number of allylic oxidation sites excluding steroid dienone is 1. The minimum Gasteiger partial charge on any atom is -0.496 e. The van der Waals surface area contributed by atoms with Gasteiger partial charge in [-0.25, -0.2) is 0 Å². The molecule has 0 saturated carbocycles. The summed E-state index contributed by atoms with van der Waals surface area (Å²) in [7, 11) is 1.63. The minimum absolute atomic E-state index is 0.140. The molecule has 3 rings (SSSR count). The smallest absolute Gasteiger partial charge is 0.227 e. The predicted octanol–water partition coefficient (Wildman–Crippen LogP) is 3.80. The Balaban J connectivity index is 1.94. The lowest BCUT2D eigenvalue weighted by atomic mass is 10.0. The highest BCUT2D eigenvalue weighted by molar-refractivity contribution is 5.78. The fourth-order valence-electron chi connectivity index (χ4n) is 2.81. The van der Waals surface area contributed by atoms with Crippen LogP contribution in [0.4, 0.5) is 5.69 Å². The Morgan fingerprint density at radius 1 is 1.25 bits per heavy atom. The molecule has 0 aliphatic carbocycles. The van der Waals surface area contributed by atoms with E-state index in [0.717, 1.165) is 28.9 Å². The number of benzene rings is 2. The molecule has 24 heavy (non-hydrogen) atoms. The molecule has 0 fully saturated rings. The third kappa shape index (κ3) is 3.41. The summed E-state index contributed by atoms with van der Waals surface area (Å²) in [5.74, 6) is 0.885. The number of methoxy groups -OCH3 is 1. The first-order chi connectivity index (χ1) is 11.7. The van der Waals surface area contributed by atoms with Crippen LogP contribution in [0, 0.1) is 0 Å². The largest absolute Gasteiger partial charge is 0.496 e. The van der Waals surface area contributed by atoms with Gasteiger partial charge in [-0.2, -0.15) is 0 Å². The zero-order valence-electron chi connectivity index (χ0n) is 13.5. The highest BCUT2D eigenvalue weighted by Gasteiger charge is 2.15. The molecule has 0 atom stereocenters. The molecule has 0 radical (unpaired) electrons. The molecule has 1 aliphatic heterocycles. The molecule has 124 valence electrons. The highest BCUT2D eigenvalue weighted by Crippen LogP contribution is 2.32. The summed E-state index contributed by atoms with van der Waals surface area (Å²) in [6.45, 7) is 0.532. The number of carbonyl (C=O) groups excluding carboxylic acids is 1. The van der Waals surface area contributed by atoms with E-state index in [-0.39, 0.29) is 5.91 Å². The van der Waals surface area contributed by atoms with E-state index >= 15 is 0 Å². The summed E-state index contributed by atoms with van der Waals surface area (Å²) in [6, 6.07) is 13.3. The third-order valence-corrected chi connectivity index (χ3v) is 4.05. The van der Waals surface area contributed by atoms with Crippen molar-refractivity contribution in [2.24, 2.45) is 0 Å². The molecule has 0 aromatic heterocycles. The SMILES string of the molecule is COc1ccc(CN2C=CCCC2=O)cc1-c1cccc(NO)c1. The number of carbonyl (C=O) groups is 1. The maximum atomic E-state index is 12.0. The maximum absolute atomic E-state index is 12.0. The van der Waals surface area contributed by atoms with Crippen molar-refractivity contribution < 1.29 is 14.7 Å². The lowest BCUT2D eigenvalue weighted by Crippen LogP contribution is -2.27. The van der Waals surface area contributed by atoms with Gasteiger partial charge in [-0.05, 0) is 41.8 Å². The van der Waals surface area contributed by atoms with Gasteiger partial charge in [-0.1, -0.05) is 24.3 Å². The highest BCUT2D eigenvalue weighted by atomic mass is 16.5. The number of anilines is 1. The van der Waals surface area contributed by atoms with Crippen LogP contribution in [0.15, 0.2) is 54.7 Å². The number of rotatable bonds is 5. The van der Waals surface area contributed by atoms with E-state index in [1.54, 1.807) is 18.1 Å². The van der Waals surface area contributed by atoms with Crippen LogP contribution in [0.2, 0.25) is 0 Å². The van der Waals surface area contributed by atoms with Crippen LogP contribution in [-0.4, -0.2) is 23.1 Å². The van der Waals surface area contributed by atoms with Gasteiger partial charge in [0.25, 0.3) is 0 Å². The molecule has 1 amide bonds. The first-order valence-corrected chi connectivity index (χ1v) is 7.85. The molecule has 5 nitrogen and oxygen atoms in total. The van der Waals surface area contributed by atoms with E-state index in [2.05, 4.69) is 5.48 Å². The van der Waals surface area contributed by atoms with Crippen LogP contribution < -0.4 is 10.2 Å². The van der Waals surface area contributed by atoms with Crippen LogP contribution in [0.3, 0.4) is 0 Å². The first kappa shape index (κ1) is 16.1. The number of ether oxygens (including phenoxy) is 1. The lowest BCUT2D eigenvalue weighted by molar-refractivity contribution is -0.129. The molecular formula is C19H20N2O3. The monoisotopic (exact) mass is 324 g/mol. The molecule has 1 aliphatic rings. The van der Waals surface area contributed by atoms with Crippen LogP contribution in [0.25, 0.3) is 11.1 Å². The standard InChI is InChI=1S/C19H20N2O3/c1-24-18-9-8-14(13-21-10-3-2-7-19(21)22)11-17(18)15-5-4-6-16(12-15)20-23/h3-6,8-12,20,23H,2,7,13H2,1H3. The van der Waals surface area contributed by atoms with Gasteiger partial charge >= 0.3 is 0 Å². The molecule has 0 unspecified atom stereocenters. The Hall–Kier alpha value is -2.79. The Labute approximate surface area is 141 Å². The molecule has 2 aromatic rings. The number of hydrogen-bond acceptors (Lipinski definition) is 4. The molecular weight excluding hydrogens is 304 g/mol. The zero-order chi connectivity index (χ0) is 16.9. The van der Waals surface area contributed by atoms with Crippen molar-refractivity contribution in [3.05, 3.63) is 60.3 Å². The van der Waals surface area contributed by atoms with Crippen LogP contribution in [0.1, 0.15) is 18.4 Å². The average molecular weight is 324 g/mol. The first-order valence-electron chi connectivity index (χ1n) is 7.85. The minimum atomic E-state index is 0.140. The van der Waals surface area contributed by atoms with E-state index in [4.69, 9.17) is 9.94 Å². The summed E-state index contributed by atoms with van der Waals surface area (Å²) in [6.07, 6.45) is 5.24. The molecule has 0 saturated heterocycles. The Morgan fingerprint density at radius 2 is 2.12 bits per heavy atom. The number of hydrogen-bond donors (Lipinski definition) is 2. The van der Waals surface area contributed by atoms with Gasteiger partial charge < -0.3 is 9.64 Å². The van der Waals surface area contributed by atoms with Gasteiger partial charge in [0.1, 0.15) is 5.75 Å². The van der Waals surface area contributed by atoms with Crippen molar-refractivity contribution in [2.45, 2.75) is 19.4 Å². The second kappa shape index (κ2) is 7.19. The van der Waals surface area contributed by atoms with Gasteiger partial charge in [0.2, 0.25) is 5.91 Å². The lowest BCUT2D eigenvalue weighted by Gasteiger charge is -2.22. The number of nitrogens with one attached hydrogen (secondary N) is 1. The van der Waals surface area contributed by atoms with Gasteiger partial charge in [-0.15, -0.1) is 0 Å². The normalized spacial score (nSPS) is 13.9. The second-order valence-electron chi connectivity index (χ2n) is 5.67. The Bertz CT molecular complexity index is 771. The van der Waals surface area contributed by atoms with Crippen molar-refractivity contribution in [1.82, 2.24) is 4.90 Å². The summed E-state index contributed by atoms with van der Waals surface area (Å²) >= 11 is 0. The van der Waals surface area contributed by atoms with Crippen LogP contribution in [0.5, 0.6) is 5.75 Å². The van der Waals surface area contributed by atoms with Crippen molar-refractivity contribution in [1.29, 1.82) is 0 Å². The summed E-state index contributed by atoms with van der Waals surface area (Å²) in [5.41, 5.74) is 5.63. The summed E-state index contributed by atoms with van der Waals surface area (Å²) < 4.78 is 5.46. The average Bonchev–Trinajstić information content (AvgIpc) is 2.63. The fraction of sp³-hybridized carbons (Fsp3) is 0.211. The Morgan fingerprint density at radius 3 is 2.88 bits per heavy atom. The van der Waals surface area contributed by atoms with Crippen molar-refractivity contribution in [3.8, 4) is 16.9 Å². The predicted molar refractivity (Wildman–Crippen MR) is 92.8 cm³/mol. The number of amides is 1. The van der Waals surface area contributed by atoms with Crippen LogP contribution in [-0.2, 0) is 11.3 Å². The second-order valence-corrected chi connectivity index (χ2v) is 5.67. The summed E-state index contributed by atoms with van der Waals surface area (Å²) in [5, 5.41) is 9.10. The number of nitrogens with zero attached hydrogens (tertiary/aromatic N) is 1. The maximum Gasteiger partial charge on any atom is 0.227 e. The van der Waals surface area contributed by atoms with E-state index in [1.807, 2.05) is 48.7 Å². The molecule has 5 heteroatoms. The summed E-state index contributed by atoms with van der Waals surface area (Å²) in [4.78, 5) is 13.7. The van der Waals surface area contributed by atoms with E-state index < -0.39 is 0 Å². The third-order valence-electron chi connectivity index (χ3n) is 4.05. The van der Waals surface area contributed by atoms with Crippen molar-refractivity contribution in [2.75, 3.05) is 12.6 Å². The Kier molecular flexibility index (Phi) is 4.82. The van der Waals surface area contributed by atoms with E-state index in [9.17, 15) is 4.79 Å². The van der Waals surface area contributed by atoms with E-state index in [1.165, 1.54) is 0 Å². The van der Waals surface area contributed by atoms with Gasteiger partial charge in [0.05, 0.1) is 19.3 Å². The fourth-order valence-corrected chi connectivity index (χ4v) is 2.81. The molecule has 1 heterocycles. The van der Waals surface area contributed by atoms with Gasteiger partial charge in [0.15, 0.2) is 0 Å². The topological polar surface area (TPSA) is 61.8 Å². The zero-order valence-corrected chi connectivity index (χ0v) is 13.5. The quantitative estimate of drug-likeness (QED) is 0.821. The van der Waals surface area contributed by atoms with Gasteiger partial charge in [-0.3, -0.25) is 15.5 Å². The van der Waals surface area contributed by atoms with Crippen LogP contribution >= 0.6 is 0 Å².